The third kappa shape index (κ3) is 0.856. The van der Waals surface area contributed by atoms with Crippen molar-refractivity contribution >= 4 is 23.9 Å². The Morgan fingerprint density at radius 3 is 1.42 bits per heavy atom. The van der Waals surface area contributed by atoms with Gasteiger partial charge in [0.05, 0.1) is 23.7 Å². The molecule has 0 spiro atoms. The maximum absolute atomic E-state index is 11.7. The van der Waals surface area contributed by atoms with Crippen LogP contribution in [0.5, 0.6) is 0 Å². The van der Waals surface area contributed by atoms with Gasteiger partial charge in [-0.2, -0.15) is 0 Å². The highest BCUT2D eigenvalue weighted by molar-refractivity contribution is 6.01. The summed E-state index contributed by atoms with van der Waals surface area (Å²) in [5, 5.41) is 0. The summed E-state index contributed by atoms with van der Waals surface area (Å²) in [7, 11) is 0. The fourth-order valence-corrected chi connectivity index (χ4v) is 5.57. The van der Waals surface area contributed by atoms with E-state index in [1.807, 2.05) is 0 Å². The van der Waals surface area contributed by atoms with E-state index in [0.717, 1.165) is 6.42 Å². The van der Waals surface area contributed by atoms with Crippen molar-refractivity contribution in [3.05, 3.63) is 0 Å². The molecule has 0 amide bonds. The molecular weight excluding hydrogens is 252 g/mol. The molecule has 0 aromatic rings. The quantitative estimate of drug-likeness (QED) is 0.333. The minimum absolute atomic E-state index is 0.0126. The largest absolute Gasteiger partial charge is 0.393 e. The lowest BCUT2D eigenvalue weighted by Gasteiger charge is -2.49. The van der Waals surface area contributed by atoms with E-state index >= 15 is 0 Å². The van der Waals surface area contributed by atoms with E-state index in [1.54, 1.807) is 0 Å². The second-order valence-electron chi connectivity index (χ2n) is 6.30. The zero-order valence-corrected chi connectivity index (χ0v) is 9.78. The zero-order valence-electron chi connectivity index (χ0n) is 9.78. The Balaban J connectivity index is 1.59. The molecule has 5 fully saturated rings. The van der Waals surface area contributed by atoms with Crippen molar-refractivity contribution in [3.8, 4) is 0 Å². The number of rotatable bonds is 0. The fourth-order valence-electron chi connectivity index (χ4n) is 5.57. The Kier molecular flexibility index (Phi) is 1.46. The van der Waals surface area contributed by atoms with E-state index in [9.17, 15) is 19.2 Å². The molecule has 5 aliphatic rings. The van der Waals surface area contributed by atoms with Crippen LogP contribution in [0.4, 0.5) is 0 Å². The molecule has 6 nitrogen and oxygen atoms in total. The van der Waals surface area contributed by atoms with Gasteiger partial charge in [-0.3, -0.25) is 19.2 Å². The Hall–Kier alpha value is -1.72. The monoisotopic (exact) mass is 262 g/mol. The van der Waals surface area contributed by atoms with E-state index in [-0.39, 0.29) is 47.3 Å². The highest BCUT2D eigenvalue weighted by Crippen LogP contribution is 2.72. The van der Waals surface area contributed by atoms with Crippen molar-refractivity contribution in [2.24, 2.45) is 47.3 Å². The molecular formula is C13H10O6. The van der Waals surface area contributed by atoms with Crippen LogP contribution in [0.1, 0.15) is 6.42 Å². The molecule has 19 heavy (non-hydrogen) atoms. The van der Waals surface area contributed by atoms with Crippen LogP contribution < -0.4 is 0 Å². The second kappa shape index (κ2) is 2.73. The van der Waals surface area contributed by atoms with Gasteiger partial charge in [-0.1, -0.05) is 0 Å². The molecule has 98 valence electrons. The van der Waals surface area contributed by atoms with Crippen LogP contribution in [0.25, 0.3) is 0 Å². The first kappa shape index (κ1) is 10.1. The summed E-state index contributed by atoms with van der Waals surface area (Å²) in [6.07, 6.45) is 0.763. The third-order valence-corrected chi connectivity index (χ3v) is 5.99. The minimum atomic E-state index is -0.446. The SMILES string of the molecule is O=C1OC(=O)C2C3CC(C12)C1C2C(=O)OC(=O)C2C31. The maximum Gasteiger partial charge on any atom is 0.317 e. The molecule has 0 aromatic carbocycles. The maximum atomic E-state index is 11.7. The summed E-state index contributed by atoms with van der Waals surface area (Å²) in [5.41, 5.74) is 0. The normalized spacial score (nSPS) is 56.4. The van der Waals surface area contributed by atoms with Gasteiger partial charge in [0.15, 0.2) is 0 Å². The fraction of sp³-hybridized carbons (Fsp3) is 0.692. The van der Waals surface area contributed by atoms with Gasteiger partial charge in [-0.25, -0.2) is 0 Å². The Morgan fingerprint density at radius 2 is 1.00 bits per heavy atom. The second-order valence-corrected chi connectivity index (χ2v) is 6.30. The number of fused-ring (bicyclic) bond motifs is 11. The molecule has 2 saturated heterocycles. The number of hydrogen-bond donors (Lipinski definition) is 0. The van der Waals surface area contributed by atoms with Gasteiger partial charge < -0.3 is 9.47 Å². The molecule has 3 saturated carbocycles. The van der Waals surface area contributed by atoms with Crippen LogP contribution in [-0.4, -0.2) is 23.9 Å². The van der Waals surface area contributed by atoms with Gasteiger partial charge in [-0.15, -0.1) is 0 Å². The first-order valence-electron chi connectivity index (χ1n) is 6.60. The van der Waals surface area contributed by atoms with Crippen LogP contribution in [0, 0.1) is 47.3 Å². The lowest BCUT2D eigenvalue weighted by Crippen LogP contribution is -2.55. The first-order valence-corrected chi connectivity index (χ1v) is 6.60. The summed E-state index contributed by atoms with van der Waals surface area (Å²) in [6.45, 7) is 0. The van der Waals surface area contributed by atoms with Crippen LogP contribution in [0.2, 0.25) is 0 Å². The van der Waals surface area contributed by atoms with Crippen molar-refractivity contribution in [1.29, 1.82) is 0 Å². The minimum Gasteiger partial charge on any atom is -0.393 e. The van der Waals surface area contributed by atoms with Gasteiger partial charge >= 0.3 is 23.9 Å². The molecule has 3 aliphatic carbocycles. The summed E-state index contributed by atoms with van der Waals surface area (Å²) in [6, 6.07) is 0. The molecule has 0 radical (unpaired) electrons. The molecule has 2 heterocycles. The van der Waals surface area contributed by atoms with Gasteiger partial charge in [0.25, 0.3) is 0 Å². The van der Waals surface area contributed by atoms with Gasteiger partial charge in [-0.05, 0) is 30.1 Å². The van der Waals surface area contributed by atoms with Crippen LogP contribution in [0.3, 0.4) is 0 Å². The third-order valence-electron chi connectivity index (χ3n) is 5.99. The molecule has 5 rings (SSSR count). The highest BCUT2D eigenvalue weighted by atomic mass is 16.6. The average Bonchev–Trinajstić information content (AvgIpc) is 2.92. The van der Waals surface area contributed by atoms with Crippen molar-refractivity contribution < 1.29 is 28.7 Å². The number of carbonyl (C=O) groups is 4. The van der Waals surface area contributed by atoms with Crippen LogP contribution in [-0.2, 0) is 28.7 Å². The predicted molar refractivity (Wildman–Crippen MR) is 54.7 cm³/mol. The Bertz CT molecular complexity index is 528. The smallest absolute Gasteiger partial charge is 0.317 e. The molecule has 2 bridgehead atoms. The number of ether oxygens (including phenoxy) is 2. The van der Waals surface area contributed by atoms with E-state index in [2.05, 4.69) is 0 Å². The molecule has 2 aliphatic heterocycles. The number of esters is 4. The lowest BCUT2D eigenvalue weighted by atomic mass is 9.49. The molecule has 8 unspecified atom stereocenters. The van der Waals surface area contributed by atoms with E-state index in [4.69, 9.17) is 9.47 Å². The van der Waals surface area contributed by atoms with E-state index in [0.29, 0.717) is 0 Å². The first-order chi connectivity index (χ1) is 9.09. The Morgan fingerprint density at radius 1 is 0.632 bits per heavy atom. The zero-order chi connectivity index (χ0) is 13.0. The lowest BCUT2D eigenvalue weighted by molar-refractivity contribution is -0.156. The molecule has 0 N–H and O–H groups in total. The van der Waals surface area contributed by atoms with Crippen molar-refractivity contribution in [3.63, 3.8) is 0 Å². The van der Waals surface area contributed by atoms with Gasteiger partial charge in [0.2, 0.25) is 0 Å². The summed E-state index contributed by atoms with van der Waals surface area (Å²) in [4.78, 5) is 46.8. The summed E-state index contributed by atoms with van der Waals surface area (Å²) >= 11 is 0. The van der Waals surface area contributed by atoms with Crippen LogP contribution >= 0.6 is 0 Å². The summed E-state index contributed by atoms with van der Waals surface area (Å²) < 4.78 is 9.44. The Labute approximate surface area is 107 Å². The summed E-state index contributed by atoms with van der Waals surface area (Å²) in [5.74, 6) is -3.21. The number of cyclic esters (lactones) is 4. The molecule has 8 atom stereocenters. The van der Waals surface area contributed by atoms with E-state index in [1.165, 1.54) is 0 Å². The van der Waals surface area contributed by atoms with Crippen molar-refractivity contribution in [1.82, 2.24) is 0 Å². The van der Waals surface area contributed by atoms with Gasteiger partial charge in [0, 0.05) is 0 Å². The highest BCUT2D eigenvalue weighted by Gasteiger charge is 2.78. The van der Waals surface area contributed by atoms with Crippen molar-refractivity contribution in [2.45, 2.75) is 6.42 Å². The van der Waals surface area contributed by atoms with E-state index < -0.39 is 23.9 Å². The van der Waals surface area contributed by atoms with Crippen LogP contribution in [0.15, 0.2) is 0 Å². The van der Waals surface area contributed by atoms with Crippen molar-refractivity contribution in [2.75, 3.05) is 0 Å². The molecule has 0 aromatic heterocycles. The number of hydrogen-bond acceptors (Lipinski definition) is 6. The predicted octanol–water partition coefficient (Wildman–Crippen LogP) is -0.486. The topological polar surface area (TPSA) is 86.7 Å². The standard InChI is InChI=1S/C13H10O6/c14-10-6-2-1-3(7(6)11(15)18-10)5-4(2)8-9(5)13(17)19-12(8)16/h2-9H,1H2. The average molecular weight is 262 g/mol. The number of carbonyl (C=O) groups excluding carboxylic acids is 4. The molecule has 6 heteroatoms. The van der Waals surface area contributed by atoms with Gasteiger partial charge in [0.1, 0.15) is 0 Å².